The van der Waals surface area contributed by atoms with E-state index in [-0.39, 0.29) is 11.4 Å². The Bertz CT molecular complexity index is 1260. The number of amides is 1. The third-order valence-corrected chi connectivity index (χ3v) is 5.23. The van der Waals surface area contributed by atoms with Gasteiger partial charge >= 0.3 is 12.7 Å². The Morgan fingerprint density at radius 2 is 1.25 bits per heavy atom. The summed E-state index contributed by atoms with van der Waals surface area (Å²) < 4.78 is 82.4. The highest BCUT2D eigenvalue weighted by Gasteiger charge is 2.36. The molecule has 188 valence electrons. The molecule has 0 fully saturated rings. The van der Waals surface area contributed by atoms with E-state index in [1.807, 2.05) is 0 Å². The summed E-state index contributed by atoms with van der Waals surface area (Å²) in [6.45, 7) is 0. The van der Waals surface area contributed by atoms with E-state index in [0.717, 1.165) is 24.3 Å². The number of alkyl halides is 6. The number of rotatable bonds is 6. The topological polar surface area (TPSA) is 50.8 Å². The van der Waals surface area contributed by atoms with Crippen LogP contribution in [0.5, 0.6) is 11.5 Å². The zero-order valence-corrected chi connectivity index (χ0v) is 18.7. The molecule has 1 aliphatic heterocycles. The molecule has 12 heteroatoms. The van der Waals surface area contributed by atoms with Crippen molar-refractivity contribution in [2.75, 3.05) is 10.2 Å². The van der Waals surface area contributed by atoms with Crippen molar-refractivity contribution in [1.29, 1.82) is 0 Å². The molecule has 3 aromatic carbocycles. The highest BCUT2D eigenvalue weighted by atomic mass is 35.5. The van der Waals surface area contributed by atoms with Gasteiger partial charge in [-0.25, -0.2) is 0 Å². The van der Waals surface area contributed by atoms with Crippen LogP contribution in [0.25, 0.3) is 0 Å². The van der Waals surface area contributed by atoms with Gasteiger partial charge < -0.3 is 14.8 Å². The molecule has 1 amide bonds. The first-order valence-corrected chi connectivity index (χ1v) is 10.6. The summed E-state index contributed by atoms with van der Waals surface area (Å²) in [5, 5.41) is 3.33. The van der Waals surface area contributed by atoms with Gasteiger partial charge in [0.25, 0.3) is 5.91 Å². The molecule has 0 spiro atoms. The Balaban J connectivity index is 1.61. The van der Waals surface area contributed by atoms with Crippen LogP contribution in [0, 0.1) is 0 Å². The molecule has 1 heterocycles. The van der Waals surface area contributed by atoms with E-state index >= 15 is 0 Å². The Labute approximate surface area is 205 Å². The quantitative estimate of drug-likeness (QED) is 0.343. The minimum atomic E-state index is -4.86. The zero-order chi connectivity index (χ0) is 26.1. The number of anilines is 2. The minimum absolute atomic E-state index is 0.107. The molecule has 1 aliphatic rings. The lowest BCUT2D eigenvalue weighted by Gasteiger charge is -2.25. The van der Waals surface area contributed by atoms with E-state index in [9.17, 15) is 31.1 Å². The fraction of sp³-hybridized carbons (Fsp3) is 0.125. The maximum Gasteiger partial charge on any atom is 0.573 e. The van der Waals surface area contributed by atoms with E-state index in [1.165, 1.54) is 29.2 Å². The molecule has 0 bridgehead atoms. The highest BCUT2D eigenvalue weighted by Crippen LogP contribution is 2.38. The summed E-state index contributed by atoms with van der Waals surface area (Å²) in [6.07, 6.45) is -8.12. The standard InChI is InChI=1S/C24H15ClF6N2O3/c25-15-3-1-14(2-4-15)21-13-20(32-16-5-9-18(10-6-16)35-23(26,27)28)22(34)33(21)17-7-11-19(12-8-17)36-24(29,30)31/h1-13,21,32H/t21-/m0/s1. The summed E-state index contributed by atoms with van der Waals surface area (Å²) in [5.74, 6) is -1.40. The van der Waals surface area contributed by atoms with E-state index in [0.29, 0.717) is 16.3 Å². The second-order valence-electron chi connectivity index (χ2n) is 7.49. The largest absolute Gasteiger partial charge is 0.573 e. The van der Waals surface area contributed by atoms with Crippen LogP contribution in [-0.2, 0) is 4.79 Å². The van der Waals surface area contributed by atoms with Crippen LogP contribution in [0.15, 0.2) is 84.6 Å². The number of carbonyl (C=O) groups excluding carboxylic acids is 1. The summed E-state index contributed by atoms with van der Waals surface area (Å²) in [6, 6.07) is 15.5. The first-order valence-electron chi connectivity index (χ1n) is 10.2. The maximum atomic E-state index is 13.3. The maximum absolute atomic E-state index is 13.3. The van der Waals surface area contributed by atoms with Crippen molar-refractivity contribution >= 4 is 28.9 Å². The number of nitrogens with one attached hydrogen (secondary N) is 1. The average Bonchev–Trinajstić information content (AvgIpc) is 3.10. The predicted molar refractivity (Wildman–Crippen MR) is 120 cm³/mol. The summed E-state index contributed by atoms with van der Waals surface area (Å²) in [7, 11) is 0. The third kappa shape index (κ3) is 6.22. The lowest BCUT2D eigenvalue weighted by molar-refractivity contribution is -0.275. The van der Waals surface area contributed by atoms with E-state index < -0.39 is 36.2 Å². The monoisotopic (exact) mass is 528 g/mol. The zero-order valence-electron chi connectivity index (χ0n) is 17.9. The van der Waals surface area contributed by atoms with Gasteiger partial charge in [0, 0.05) is 16.4 Å². The number of carbonyl (C=O) groups is 1. The SMILES string of the molecule is O=C1C(Nc2ccc(OC(F)(F)F)cc2)=C[C@@H](c2ccc(Cl)cc2)N1c1ccc(OC(F)(F)F)cc1. The van der Waals surface area contributed by atoms with Crippen molar-refractivity contribution in [2.45, 2.75) is 18.8 Å². The summed E-state index contributed by atoms with van der Waals surface area (Å²) in [5.41, 5.74) is 1.37. The lowest BCUT2D eigenvalue weighted by Crippen LogP contribution is -2.30. The molecule has 0 saturated heterocycles. The van der Waals surface area contributed by atoms with E-state index in [2.05, 4.69) is 14.8 Å². The molecule has 0 aromatic heterocycles. The van der Waals surface area contributed by atoms with Crippen molar-refractivity contribution < 1.29 is 40.6 Å². The Kier molecular flexibility index (Phi) is 6.77. The fourth-order valence-electron chi connectivity index (χ4n) is 3.54. The molecule has 1 atom stereocenters. The first kappa shape index (κ1) is 25.2. The minimum Gasteiger partial charge on any atom is -0.406 e. The van der Waals surface area contributed by atoms with Gasteiger partial charge in [0.1, 0.15) is 17.2 Å². The van der Waals surface area contributed by atoms with Crippen LogP contribution in [0.2, 0.25) is 5.02 Å². The third-order valence-electron chi connectivity index (χ3n) is 4.98. The van der Waals surface area contributed by atoms with Crippen LogP contribution < -0.4 is 19.7 Å². The molecule has 36 heavy (non-hydrogen) atoms. The lowest BCUT2D eigenvalue weighted by atomic mass is 10.1. The number of hydrogen-bond donors (Lipinski definition) is 1. The van der Waals surface area contributed by atoms with Crippen molar-refractivity contribution in [3.63, 3.8) is 0 Å². The van der Waals surface area contributed by atoms with E-state index in [1.54, 1.807) is 30.3 Å². The van der Waals surface area contributed by atoms with Gasteiger partial charge in [-0.05, 0) is 72.3 Å². The van der Waals surface area contributed by atoms with Crippen molar-refractivity contribution in [3.8, 4) is 11.5 Å². The summed E-state index contributed by atoms with van der Waals surface area (Å²) in [4.78, 5) is 14.7. The molecule has 0 unspecified atom stereocenters. The van der Waals surface area contributed by atoms with Gasteiger partial charge in [0.05, 0.1) is 6.04 Å². The van der Waals surface area contributed by atoms with Gasteiger partial charge in [-0.1, -0.05) is 23.7 Å². The van der Waals surface area contributed by atoms with Crippen LogP contribution in [0.3, 0.4) is 0 Å². The van der Waals surface area contributed by atoms with Gasteiger partial charge in [-0.2, -0.15) is 0 Å². The van der Waals surface area contributed by atoms with Crippen LogP contribution in [0.1, 0.15) is 11.6 Å². The van der Waals surface area contributed by atoms with E-state index in [4.69, 9.17) is 11.6 Å². The first-order chi connectivity index (χ1) is 16.9. The molecular formula is C24H15ClF6N2O3. The Hall–Kier alpha value is -3.86. The van der Waals surface area contributed by atoms with Crippen molar-refractivity contribution in [3.05, 3.63) is 95.2 Å². The van der Waals surface area contributed by atoms with Crippen LogP contribution in [-0.4, -0.2) is 18.6 Å². The Morgan fingerprint density at radius 3 is 1.75 bits per heavy atom. The summed E-state index contributed by atoms with van der Waals surface area (Å²) >= 11 is 5.96. The Morgan fingerprint density at radius 1 is 0.750 bits per heavy atom. The number of halogens is 7. The number of ether oxygens (including phenoxy) is 2. The second kappa shape index (κ2) is 9.65. The van der Waals surface area contributed by atoms with Crippen LogP contribution >= 0.6 is 11.6 Å². The molecule has 0 radical (unpaired) electrons. The molecule has 0 aliphatic carbocycles. The molecule has 5 nitrogen and oxygen atoms in total. The predicted octanol–water partition coefficient (Wildman–Crippen LogP) is 7.22. The average molecular weight is 529 g/mol. The van der Waals surface area contributed by atoms with Gasteiger partial charge in [0.2, 0.25) is 0 Å². The number of benzene rings is 3. The van der Waals surface area contributed by atoms with Crippen molar-refractivity contribution in [1.82, 2.24) is 0 Å². The van der Waals surface area contributed by atoms with Gasteiger partial charge in [-0.3, -0.25) is 9.69 Å². The smallest absolute Gasteiger partial charge is 0.406 e. The molecule has 0 saturated carbocycles. The molecular weight excluding hydrogens is 514 g/mol. The van der Waals surface area contributed by atoms with Gasteiger partial charge in [-0.15, -0.1) is 26.3 Å². The molecule has 1 N–H and O–H groups in total. The number of nitrogens with zero attached hydrogens (tertiary/aromatic N) is 1. The molecule has 4 rings (SSSR count). The van der Waals surface area contributed by atoms with Crippen LogP contribution in [0.4, 0.5) is 37.7 Å². The highest BCUT2D eigenvalue weighted by molar-refractivity contribution is 6.30. The number of hydrogen-bond acceptors (Lipinski definition) is 4. The van der Waals surface area contributed by atoms with Crippen molar-refractivity contribution in [2.24, 2.45) is 0 Å². The fourth-order valence-corrected chi connectivity index (χ4v) is 3.67. The normalized spacial score (nSPS) is 16.1. The second-order valence-corrected chi connectivity index (χ2v) is 7.93. The molecule has 3 aromatic rings. The van der Waals surface area contributed by atoms with Gasteiger partial charge in [0.15, 0.2) is 0 Å².